The molecule has 2 aromatic rings. The maximum absolute atomic E-state index is 5.87. The fourth-order valence-electron chi connectivity index (χ4n) is 1.66. The normalized spacial score (nSPS) is 10.1. The minimum absolute atomic E-state index is 0.730. The third-order valence-electron chi connectivity index (χ3n) is 2.51. The van der Waals surface area contributed by atoms with E-state index in [9.17, 15) is 0 Å². The highest BCUT2D eigenvalue weighted by Gasteiger charge is 2.03. The highest BCUT2D eigenvalue weighted by Crippen LogP contribution is 2.25. The van der Waals surface area contributed by atoms with Gasteiger partial charge in [0.1, 0.15) is 0 Å². The van der Waals surface area contributed by atoms with Crippen molar-refractivity contribution in [1.29, 1.82) is 0 Å². The highest BCUT2D eigenvalue weighted by atomic mass is 35.5. The molecule has 0 nitrogen and oxygen atoms in total. The van der Waals surface area contributed by atoms with E-state index in [1.165, 1.54) is 0 Å². The van der Waals surface area contributed by atoms with E-state index in [2.05, 4.69) is 6.92 Å². The fourth-order valence-corrected chi connectivity index (χ4v) is 1.91. The molecule has 0 saturated heterocycles. The van der Waals surface area contributed by atoms with Crippen LogP contribution in [0.1, 0.15) is 11.1 Å². The summed E-state index contributed by atoms with van der Waals surface area (Å²) in [7, 11) is 0. The van der Waals surface area contributed by atoms with Gasteiger partial charge in [-0.3, -0.25) is 0 Å². The second-order valence-corrected chi connectivity index (χ2v) is 4.50. The summed E-state index contributed by atoms with van der Waals surface area (Å²) in [6.07, 6.45) is 1.84. The van der Waals surface area contributed by atoms with E-state index in [1.807, 2.05) is 54.6 Å². The smallest absolute Gasteiger partial charge is 0.0406 e. The van der Waals surface area contributed by atoms with Gasteiger partial charge in [0.25, 0.3) is 0 Å². The second kappa shape index (κ2) is 5.39. The number of hydrogen-bond acceptors (Lipinski definition) is 0. The SMILES string of the molecule is [CH2]C=C(c1ccc(Cl)cc1)c1ccc(Cl)cc1. The Kier molecular flexibility index (Phi) is 3.88. The molecule has 2 rings (SSSR count). The van der Waals surface area contributed by atoms with Crippen molar-refractivity contribution in [3.05, 3.63) is 82.7 Å². The van der Waals surface area contributed by atoms with Crippen LogP contribution in [-0.4, -0.2) is 0 Å². The molecule has 0 aromatic heterocycles. The Balaban J connectivity index is 2.41. The predicted octanol–water partition coefficient (Wildman–Crippen LogP) is 5.26. The summed E-state index contributed by atoms with van der Waals surface area (Å²) in [5, 5.41) is 1.46. The fraction of sp³-hybridized carbons (Fsp3) is 0. The summed E-state index contributed by atoms with van der Waals surface area (Å²) >= 11 is 11.7. The van der Waals surface area contributed by atoms with E-state index in [0.717, 1.165) is 26.7 Å². The molecule has 2 heteroatoms. The Hall–Kier alpha value is -1.24. The molecule has 0 bridgehead atoms. The van der Waals surface area contributed by atoms with Gasteiger partial charge in [0.05, 0.1) is 0 Å². The number of allylic oxidation sites excluding steroid dienone is 1. The molecule has 0 saturated carbocycles. The van der Waals surface area contributed by atoms with Crippen molar-refractivity contribution in [2.75, 3.05) is 0 Å². The quantitative estimate of drug-likeness (QED) is 0.692. The summed E-state index contributed by atoms with van der Waals surface area (Å²) in [6, 6.07) is 15.4. The van der Waals surface area contributed by atoms with Crippen molar-refractivity contribution >= 4 is 28.8 Å². The van der Waals surface area contributed by atoms with Crippen LogP contribution >= 0.6 is 23.2 Å². The molecule has 0 unspecified atom stereocenters. The molecule has 0 heterocycles. The van der Waals surface area contributed by atoms with Crippen LogP contribution in [0, 0.1) is 6.92 Å². The van der Waals surface area contributed by atoms with Gasteiger partial charge < -0.3 is 0 Å². The van der Waals surface area contributed by atoms with Gasteiger partial charge in [0, 0.05) is 10.0 Å². The molecule has 0 aliphatic carbocycles. The number of rotatable bonds is 2. The number of hydrogen-bond donors (Lipinski definition) is 0. The van der Waals surface area contributed by atoms with Crippen LogP contribution in [0.4, 0.5) is 0 Å². The average molecular weight is 262 g/mol. The predicted molar refractivity (Wildman–Crippen MR) is 75.3 cm³/mol. The Morgan fingerprint density at radius 1 is 0.765 bits per heavy atom. The van der Waals surface area contributed by atoms with Gasteiger partial charge in [-0.2, -0.15) is 0 Å². The largest absolute Gasteiger partial charge is 0.0843 e. The first-order valence-corrected chi connectivity index (χ1v) is 5.97. The lowest BCUT2D eigenvalue weighted by Crippen LogP contribution is -1.87. The molecule has 0 atom stereocenters. The second-order valence-electron chi connectivity index (χ2n) is 3.63. The molecule has 0 aliphatic heterocycles. The van der Waals surface area contributed by atoms with E-state index < -0.39 is 0 Å². The molecule has 0 aliphatic rings. The van der Waals surface area contributed by atoms with E-state index in [-0.39, 0.29) is 0 Å². The monoisotopic (exact) mass is 261 g/mol. The van der Waals surface area contributed by atoms with E-state index in [4.69, 9.17) is 23.2 Å². The molecule has 17 heavy (non-hydrogen) atoms. The summed E-state index contributed by atoms with van der Waals surface area (Å²) in [6.45, 7) is 3.86. The Morgan fingerprint density at radius 2 is 1.12 bits per heavy atom. The van der Waals surface area contributed by atoms with Gasteiger partial charge in [0.15, 0.2) is 0 Å². The maximum atomic E-state index is 5.87. The zero-order chi connectivity index (χ0) is 12.3. The summed E-state index contributed by atoms with van der Waals surface area (Å²) in [5.41, 5.74) is 3.25. The lowest BCUT2D eigenvalue weighted by molar-refractivity contribution is 1.54. The lowest BCUT2D eigenvalue weighted by atomic mass is 9.98. The van der Waals surface area contributed by atoms with Crippen molar-refractivity contribution < 1.29 is 0 Å². The first kappa shape index (κ1) is 12.2. The molecule has 85 valence electrons. The zero-order valence-corrected chi connectivity index (χ0v) is 10.7. The van der Waals surface area contributed by atoms with Crippen LogP contribution in [0.5, 0.6) is 0 Å². The van der Waals surface area contributed by atoms with Crippen LogP contribution in [0.15, 0.2) is 54.6 Å². The summed E-state index contributed by atoms with van der Waals surface area (Å²) < 4.78 is 0. The third-order valence-corrected chi connectivity index (χ3v) is 3.02. The average Bonchev–Trinajstić information content (AvgIpc) is 2.35. The molecule has 0 amide bonds. The maximum Gasteiger partial charge on any atom is 0.0406 e. The van der Waals surface area contributed by atoms with Gasteiger partial charge in [-0.25, -0.2) is 0 Å². The van der Waals surface area contributed by atoms with Gasteiger partial charge in [-0.15, -0.1) is 0 Å². The van der Waals surface area contributed by atoms with Crippen molar-refractivity contribution in [2.45, 2.75) is 0 Å². The van der Waals surface area contributed by atoms with Crippen LogP contribution in [0.2, 0.25) is 10.0 Å². The van der Waals surface area contributed by atoms with Crippen LogP contribution < -0.4 is 0 Å². The van der Waals surface area contributed by atoms with Crippen LogP contribution in [-0.2, 0) is 0 Å². The van der Waals surface area contributed by atoms with Gasteiger partial charge in [-0.1, -0.05) is 53.5 Å². The van der Waals surface area contributed by atoms with Crippen LogP contribution in [0.3, 0.4) is 0 Å². The number of halogens is 2. The topological polar surface area (TPSA) is 0 Å². The molecule has 0 spiro atoms. The number of benzene rings is 2. The minimum Gasteiger partial charge on any atom is -0.0843 e. The zero-order valence-electron chi connectivity index (χ0n) is 9.16. The Bertz CT molecular complexity index is 474. The van der Waals surface area contributed by atoms with Crippen molar-refractivity contribution in [3.8, 4) is 0 Å². The first-order chi connectivity index (χ1) is 8.20. The molecule has 1 radical (unpaired) electrons. The van der Waals surface area contributed by atoms with E-state index in [1.54, 1.807) is 0 Å². The third kappa shape index (κ3) is 2.91. The Labute approximate surface area is 112 Å². The van der Waals surface area contributed by atoms with Crippen molar-refractivity contribution in [2.24, 2.45) is 0 Å². The van der Waals surface area contributed by atoms with E-state index in [0.29, 0.717) is 0 Å². The highest BCUT2D eigenvalue weighted by molar-refractivity contribution is 6.31. The van der Waals surface area contributed by atoms with E-state index >= 15 is 0 Å². The van der Waals surface area contributed by atoms with Crippen molar-refractivity contribution in [1.82, 2.24) is 0 Å². The van der Waals surface area contributed by atoms with Gasteiger partial charge in [0.2, 0.25) is 0 Å². The lowest BCUT2D eigenvalue weighted by Gasteiger charge is -2.08. The van der Waals surface area contributed by atoms with Crippen LogP contribution in [0.25, 0.3) is 5.57 Å². The minimum atomic E-state index is 0.730. The molecule has 0 fully saturated rings. The van der Waals surface area contributed by atoms with Gasteiger partial charge >= 0.3 is 0 Å². The molecule has 0 N–H and O–H groups in total. The summed E-state index contributed by atoms with van der Waals surface area (Å²) in [4.78, 5) is 0. The summed E-state index contributed by atoms with van der Waals surface area (Å²) in [5.74, 6) is 0. The van der Waals surface area contributed by atoms with Crippen molar-refractivity contribution in [3.63, 3.8) is 0 Å². The Morgan fingerprint density at radius 3 is 1.41 bits per heavy atom. The molecular formula is C15H11Cl2. The molecular weight excluding hydrogens is 251 g/mol. The standard InChI is InChI=1S/C15H11Cl2/c1-2-15(11-3-7-13(16)8-4-11)12-5-9-14(17)10-6-12/h2-10H,1H2. The van der Waals surface area contributed by atoms with Gasteiger partial charge in [-0.05, 0) is 47.9 Å². The first-order valence-electron chi connectivity index (χ1n) is 5.22. The molecule has 2 aromatic carbocycles.